The lowest BCUT2D eigenvalue weighted by molar-refractivity contribution is 0.347. The molecule has 0 amide bonds. The highest BCUT2D eigenvalue weighted by molar-refractivity contribution is 5.36. The van der Waals surface area contributed by atoms with Crippen LogP contribution in [0.4, 0.5) is 5.82 Å². The monoisotopic (exact) mass is 194 g/mol. The van der Waals surface area contributed by atoms with Crippen LogP contribution in [-0.4, -0.2) is 16.6 Å². The number of anilines is 1. The summed E-state index contributed by atoms with van der Waals surface area (Å²) < 4.78 is 5.28. The Labute approximate surface area is 83.0 Å². The van der Waals surface area contributed by atoms with Crippen LogP contribution in [0.1, 0.15) is 12.7 Å². The first-order chi connectivity index (χ1) is 6.80. The van der Waals surface area contributed by atoms with E-state index in [1.165, 1.54) is 0 Å². The number of hydrazine groups is 1. The van der Waals surface area contributed by atoms with E-state index in [9.17, 15) is 0 Å². The first-order valence-corrected chi connectivity index (χ1v) is 4.38. The van der Waals surface area contributed by atoms with Gasteiger partial charge in [-0.2, -0.15) is 4.98 Å². The van der Waals surface area contributed by atoms with Gasteiger partial charge in [0, 0.05) is 12.5 Å². The van der Waals surface area contributed by atoms with Gasteiger partial charge in [0.1, 0.15) is 18.2 Å². The third kappa shape index (κ3) is 2.70. The first kappa shape index (κ1) is 10.5. The third-order valence-corrected chi connectivity index (χ3v) is 1.56. The normalized spacial score (nSPS) is 9.57. The second-order valence-electron chi connectivity index (χ2n) is 2.61. The van der Waals surface area contributed by atoms with Crippen LogP contribution in [-0.2, 0) is 6.42 Å². The van der Waals surface area contributed by atoms with Gasteiger partial charge in [0.25, 0.3) is 0 Å². The Balaban J connectivity index is 2.86. The molecule has 0 fully saturated rings. The largest absolute Gasteiger partial charge is 0.473 e. The fourth-order valence-electron chi connectivity index (χ4n) is 0.923. The number of nitrogens with one attached hydrogen (secondary N) is 1. The molecule has 76 valence electrons. The van der Waals surface area contributed by atoms with Crippen molar-refractivity contribution in [3.05, 3.63) is 24.5 Å². The van der Waals surface area contributed by atoms with E-state index in [0.717, 1.165) is 6.42 Å². The molecule has 0 atom stereocenters. The van der Waals surface area contributed by atoms with Crippen LogP contribution in [0.15, 0.2) is 18.7 Å². The summed E-state index contributed by atoms with van der Waals surface area (Å²) in [4.78, 5) is 8.29. The Morgan fingerprint density at radius 1 is 1.64 bits per heavy atom. The number of nitrogens with zero attached hydrogens (tertiary/aromatic N) is 2. The first-order valence-electron chi connectivity index (χ1n) is 4.38. The zero-order valence-electron chi connectivity index (χ0n) is 8.16. The van der Waals surface area contributed by atoms with E-state index >= 15 is 0 Å². The SMILES string of the molecule is C=CCOc1cc(NN)nc(CC)n1. The van der Waals surface area contributed by atoms with Crippen molar-refractivity contribution in [3.63, 3.8) is 0 Å². The smallest absolute Gasteiger partial charge is 0.219 e. The maximum absolute atomic E-state index is 5.28. The van der Waals surface area contributed by atoms with Crippen LogP contribution < -0.4 is 16.0 Å². The quantitative estimate of drug-likeness (QED) is 0.413. The van der Waals surface area contributed by atoms with Gasteiger partial charge in [0.15, 0.2) is 0 Å². The molecule has 0 aliphatic carbocycles. The van der Waals surface area contributed by atoms with E-state index < -0.39 is 0 Å². The van der Waals surface area contributed by atoms with Crippen LogP contribution >= 0.6 is 0 Å². The van der Waals surface area contributed by atoms with Gasteiger partial charge in [-0.1, -0.05) is 19.6 Å². The number of nitrogens with two attached hydrogens (primary N) is 1. The van der Waals surface area contributed by atoms with E-state index in [2.05, 4.69) is 22.0 Å². The fraction of sp³-hybridized carbons (Fsp3) is 0.333. The second kappa shape index (κ2) is 5.18. The molecule has 0 spiro atoms. The van der Waals surface area contributed by atoms with Gasteiger partial charge in [-0.3, -0.25) is 0 Å². The van der Waals surface area contributed by atoms with Gasteiger partial charge in [-0.05, 0) is 0 Å². The zero-order valence-corrected chi connectivity index (χ0v) is 8.16. The lowest BCUT2D eigenvalue weighted by atomic mass is 10.4. The van der Waals surface area contributed by atoms with Crippen LogP contribution in [0, 0.1) is 0 Å². The van der Waals surface area contributed by atoms with Gasteiger partial charge in [-0.15, -0.1) is 0 Å². The second-order valence-corrected chi connectivity index (χ2v) is 2.61. The molecule has 1 rings (SSSR count). The zero-order chi connectivity index (χ0) is 10.4. The molecule has 5 heteroatoms. The Bertz CT molecular complexity index is 291. The van der Waals surface area contributed by atoms with Crippen LogP contribution in [0.3, 0.4) is 0 Å². The summed E-state index contributed by atoms with van der Waals surface area (Å²) in [6.45, 7) is 5.94. The molecule has 0 saturated heterocycles. The molecule has 3 N–H and O–H groups in total. The number of aryl methyl sites for hydroxylation is 1. The Hall–Kier alpha value is -1.62. The average Bonchev–Trinajstić information content (AvgIpc) is 2.25. The summed E-state index contributed by atoms with van der Waals surface area (Å²) in [5, 5.41) is 0. The van der Waals surface area contributed by atoms with E-state index in [4.69, 9.17) is 10.6 Å². The molecular weight excluding hydrogens is 180 g/mol. The Kier molecular flexibility index (Phi) is 3.87. The third-order valence-electron chi connectivity index (χ3n) is 1.56. The fourth-order valence-corrected chi connectivity index (χ4v) is 0.923. The summed E-state index contributed by atoms with van der Waals surface area (Å²) in [6.07, 6.45) is 2.39. The van der Waals surface area contributed by atoms with Crippen molar-refractivity contribution < 1.29 is 4.74 Å². The van der Waals surface area contributed by atoms with Crippen molar-refractivity contribution in [2.24, 2.45) is 5.84 Å². The number of hydrogen-bond acceptors (Lipinski definition) is 5. The highest BCUT2D eigenvalue weighted by Gasteiger charge is 2.02. The Morgan fingerprint density at radius 2 is 2.43 bits per heavy atom. The lowest BCUT2D eigenvalue weighted by Gasteiger charge is -2.06. The van der Waals surface area contributed by atoms with E-state index in [-0.39, 0.29) is 0 Å². The minimum Gasteiger partial charge on any atom is -0.473 e. The van der Waals surface area contributed by atoms with Gasteiger partial charge in [0.2, 0.25) is 5.88 Å². The van der Waals surface area contributed by atoms with E-state index in [1.807, 2.05) is 6.92 Å². The number of aromatic nitrogens is 2. The summed E-state index contributed by atoms with van der Waals surface area (Å²) in [5.74, 6) is 7.01. The molecule has 0 bridgehead atoms. The number of hydrogen-bond donors (Lipinski definition) is 2. The maximum Gasteiger partial charge on any atom is 0.219 e. The summed E-state index contributed by atoms with van der Waals surface area (Å²) in [5.41, 5.74) is 2.46. The molecule has 1 aromatic heterocycles. The molecule has 0 aliphatic rings. The van der Waals surface area contributed by atoms with Gasteiger partial charge < -0.3 is 10.2 Å². The molecule has 5 nitrogen and oxygen atoms in total. The van der Waals surface area contributed by atoms with Crippen LogP contribution in [0.5, 0.6) is 5.88 Å². The van der Waals surface area contributed by atoms with Gasteiger partial charge in [0.05, 0.1) is 0 Å². The van der Waals surface area contributed by atoms with Crippen LogP contribution in [0.2, 0.25) is 0 Å². The molecular formula is C9H14N4O. The van der Waals surface area contributed by atoms with Crippen molar-refractivity contribution in [2.45, 2.75) is 13.3 Å². The van der Waals surface area contributed by atoms with Crippen molar-refractivity contribution in [3.8, 4) is 5.88 Å². The number of rotatable bonds is 5. The predicted molar refractivity (Wildman–Crippen MR) is 54.9 cm³/mol. The molecule has 1 aromatic rings. The van der Waals surface area contributed by atoms with E-state index in [0.29, 0.717) is 24.1 Å². The summed E-state index contributed by atoms with van der Waals surface area (Å²) in [7, 11) is 0. The van der Waals surface area contributed by atoms with Crippen molar-refractivity contribution in [1.82, 2.24) is 9.97 Å². The summed E-state index contributed by atoms with van der Waals surface area (Å²) >= 11 is 0. The molecule has 0 aromatic carbocycles. The van der Waals surface area contributed by atoms with Gasteiger partial charge in [-0.25, -0.2) is 10.8 Å². The minimum atomic E-state index is 0.421. The van der Waals surface area contributed by atoms with E-state index in [1.54, 1.807) is 12.1 Å². The molecule has 0 unspecified atom stereocenters. The average molecular weight is 194 g/mol. The number of nitrogen functional groups attached to an aromatic ring is 1. The predicted octanol–water partition coefficient (Wildman–Crippen LogP) is 0.889. The standard InChI is InChI=1S/C9H14N4O/c1-3-5-14-9-6-8(13-10)11-7(4-2)12-9/h3,6H,1,4-5,10H2,2H3,(H,11,12,13). The Morgan fingerprint density at radius 3 is 3.00 bits per heavy atom. The highest BCUT2D eigenvalue weighted by Crippen LogP contribution is 2.12. The molecule has 0 saturated carbocycles. The van der Waals surface area contributed by atoms with Crippen molar-refractivity contribution in [2.75, 3.05) is 12.0 Å². The lowest BCUT2D eigenvalue weighted by Crippen LogP contribution is -2.11. The molecule has 1 heterocycles. The van der Waals surface area contributed by atoms with Crippen molar-refractivity contribution in [1.29, 1.82) is 0 Å². The molecule has 14 heavy (non-hydrogen) atoms. The minimum absolute atomic E-state index is 0.421. The maximum atomic E-state index is 5.28. The van der Waals surface area contributed by atoms with Gasteiger partial charge >= 0.3 is 0 Å². The summed E-state index contributed by atoms with van der Waals surface area (Å²) in [6, 6.07) is 1.64. The molecule has 0 radical (unpaired) electrons. The van der Waals surface area contributed by atoms with Crippen LogP contribution in [0.25, 0.3) is 0 Å². The number of ether oxygens (including phenoxy) is 1. The topological polar surface area (TPSA) is 73.1 Å². The highest BCUT2D eigenvalue weighted by atomic mass is 16.5. The van der Waals surface area contributed by atoms with Crippen molar-refractivity contribution >= 4 is 5.82 Å². The molecule has 0 aliphatic heterocycles.